The first kappa shape index (κ1) is 14.8. The van der Waals surface area contributed by atoms with Crippen LogP contribution in [-0.2, 0) is 9.59 Å². The van der Waals surface area contributed by atoms with E-state index in [9.17, 15) is 9.59 Å². The average Bonchev–Trinajstić information content (AvgIpc) is 2.36. The number of amides is 1. The molecule has 0 radical (unpaired) electrons. The second-order valence-corrected chi connectivity index (χ2v) is 6.60. The molecule has 4 heteroatoms. The molecule has 0 aromatic carbocycles. The normalized spacial score (nSPS) is 25.5. The minimum absolute atomic E-state index is 0.0971. The summed E-state index contributed by atoms with van der Waals surface area (Å²) in [5.74, 6) is -0.688. The molecule has 1 aliphatic carbocycles. The van der Waals surface area contributed by atoms with Crippen LogP contribution >= 0.6 is 0 Å². The van der Waals surface area contributed by atoms with E-state index in [0.717, 1.165) is 30.5 Å². The summed E-state index contributed by atoms with van der Waals surface area (Å²) in [6, 6.07) is 2.06. The van der Waals surface area contributed by atoms with E-state index in [1.165, 1.54) is 0 Å². The van der Waals surface area contributed by atoms with Gasteiger partial charge in [0.2, 0.25) is 5.91 Å². The summed E-state index contributed by atoms with van der Waals surface area (Å²) in [7, 11) is 0. The number of Topliss-reactive ketones (excluding diaryl/α,β-unsaturated/α-hetero) is 1. The van der Waals surface area contributed by atoms with Gasteiger partial charge in [-0.25, -0.2) is 0 Å². The number of nitriles is 1. The molecule has 0 bridgehead atoms. The maximum Gasteiger partial charge on any atom is 0.244 e. The molecule has 0 saturated carbocycles. The third kappa shape index (κ3) is 2.63. The smallest absolute Gasteiger partial charge is 0.244 e. The van der Waals surface area contributed by atoms with E-state index in [-0.39, 0.29) is 17.1 Å². The number of ketones is 1. The van der Waals surface area contributed by atoms with Crippen LogP contribution in [0.4, 0.5) is 0 Å². The van der Waals surface area contributed by atoms with E-state index < -0.39 is 5.92 Å². The van der Waals surface area contributed by atoms with Gasteiger partial charge in [-0.1, -0.05) is 27.2 Å². The van der Waals surface area contributed by atoms with Crippen LogP contribution in [0.5, 0.6) is 0 Å². The third-order valence-electron chi connectivity index (χ3n) is 4.16. The Labute approximate surface area is 120 Å². The number of hydrogen-bond acceptors (Lipinski definition) is 3. The average molecular weight is 274 g/mol. The molecule has 2 rings (SSSR count). The van der Waals surface area contributed by atoms with E-state index in [0.29, 0.717) is 19.4 Å². The number of nitrogens with zero attached hydrogens (tertiary/aromatic N) is 2. The van der Waals surface area contributed by atoms with Crippen molar-refractivity contribution in [3.05, 3.63) is 11.3 Å². The summed E-state index contributed by atoms with van der Waals surface area (Å²) in [5.41, 5.74) is 1.52. The maximum atomic E-state index is 12.4. The van der Waals surface area contributed by atoms with Crippen LogP contribution in [0.2, 0.25) is 0 Å². The van der Waals surface area contributed by atoms with Crippen molar-refractivity contribution in [3.63, 3.8) is 0 Å². The van der Waals surface area contributed by atoms with Crippen molar-refractivity contribution < 1.29 is 9.59 Å². The van der Waals surface area contributed by atoms with Crippen molar-refractivity contribution >= 4 is 11.7 Å². The van der Waals surface area contributed by atoms with Gasteiger partial charge in [0.15, 0.2) is 5.78 Å². The molecular formula is C16H22N2O2. The zero-order valence-electron chi connectivity index (χ0n) is 12.5. The first-order valence-electron chi connectivity index (χ1n) is 7.36. The summed E-state index contributed by atoms with van der Waals surface area (Å²) >= 11 is 0. The Morgan fingerprint density at radius 3 is 2.65 bits per heavy atom. The van der Waals surface area contributed by atoms with Gasteiger partial charge in [0.1, 0.15) is 5.92 Å². The summed E-state index contributed by atoms with van der Waals surface area (Å²) in [6.45, 7) is 6.82. The first-order chi connectivity index (χ1) is 9.39. The van der Waals surface area contributed by atoms with Gasteiger partial charge in [0.05, 0.1) is 6.07 Å². The lowest BCUT2D eigenvalue weighted by Gasteiger charge is -2.41. The number of allylic oxidation sites excluding steroid dienone is 2. The minimum Gasteiger partial charge on any atom is -0.315 e. The number of carbonyl (C=O) groups is 2. The second kappa shape index (κ2) is 5.40. The molecule has 0 saturated heterocycles. The van der Waals surface area contributed by atoms with Crippen molar-refractivity contribution in [1.29, 1.82) is 5.26 Å². The van der Waals surface area contributed by atoms with Crippen molar-refractivity contribution in [1.82, 2.24) is 4.90 Å². The Hall–Kier alpha value is -1.63. The fourth-order valence-corrected chi connectivity index (χ4v) is 3.09. The van der Waals surface area contributed by atoms with Gasteiger partial charge in [-0.15, -0.1) is 0 Å². The maximum absolute atomic E-state index is 12.4. The second-order valence-electron chi connectivity index (χ2n) is 6.60. The number of unbranched alkanes of at least 4 members (excludes halogenated alkanes) is 1. The first-order valence-corrected chi connectivity index (χ1v) is 7.36. The highest BCUT2D eigenvalue weighted by Crippen LogP contribution is 2.42. The zero-order valence-corrected chi connectivity index (χ0v) is 12.5. The van der Waals surface area contributed by atoms with E-state index in [2.05, 4.69) is 26.8 Å². The molecule has 1 atom stereocenters. The summed E-state index contributed by atoms with van der Waals surface area (Å²) in [5, 5.41) is 9.15. The van der Waals surface area contributed by atoms with Gasteiger partial charge in [-0.05, 0) is 18.3 Å². The van der Waals surface area contributed by atoms with Crippen molar-refractivity contribution in [2.45, 2.75) is 52.9 Å². The fraction of sp³-hybridized carbons (Fsp3) is 0.688. The van der Waals surface area contributed by atoms with E-state index in [1.54, 1.807) is 4.90 Å². The Balaban J connectivity index is 2.41. The van der Waals surface area contributed by atoms with Crippen molar-refractivity contribution in [3.8, 4) is 6.07 Å². The van der Waals surface area contributed by atoms with Gasteiger partial charge in [-0.2, -0.15) is 5.26 Å². The van der Waals surface area contributed by atoms with Gasteiger partial charge in [0.25, 0.3) is 0 Å². The highest BCUT2D eigenvalue weighted by Gasteiger charge is 2.42. The van der Waals surface area contributed by atoms with Gasteiger partial charge < -0.3 is 4.90 Å². The third-order valence-corrected chi connectivity index (χ3v) is 4.16. The molecule has 2 aliphatic rings. The SMILES string of the molecule is CCCCN1C(=O)C(C#N)CC2=C1CC(C)(C)CC2=O. The number of rotatable bonds is 3. The van der Waals surface area contributed by atoms with Gasteiger partial charge in [-0.3, -0.25) is 9.59 Å². The van der Waals surface area contributed by atoms with Crippen molar-refractivity contribution in [2.75, 3.05) is 6.54 Å². The quantitative estimate of drug-likeness (QED) is 0.795. The lowest BCUT2D eigenvalue weighted by molar-refractivity contribution is -0.134. The fourth-order valence-electron chi connectivity index (χ4n) is 3.09. The molecule has 1 unspecified atom stereocenters. The van der Waals surface area contributed by atoms with Crippen molar-refractivity contribution in [2.24, 2.45) is 11.3 Å². The summed E-state index contributed by atoms with van der Waals surface area (Å²) < 4.78 is 0. The minimum atomic E-state index is -0.684. The molecule has 1 aliphatic heterocycles. The van der Waals surface area contributed by atoms with Gasteiger partial charge in [0, 0.05) is 30.7 Å². The van der Waals surface area contributed by atoms with Crippen LogP contribution in [0.3, 0.4) is 0 Å². The molecule has 108 valence electrons. The number of carbonyl (C=O) groups excluding carboxylic acids is 2. The van der Waals surface area contributed by atoms with Crippen LogP contribution in [-0.4, -0.2) is 23.1 Å². The van der Waals surface area contributed by atoms with Crippen LogP contribution < -0.4 is 0 Å². The number of hydrogen-bond donors (Lipinski definition) is 0. The zero-order chi connectivity index (χ0) is 14.9. The lowest BCUT2D eigenvalue weighted by Crippen LogP contribution is -2.45. The predicted octanol–water partition coefficient (Wildman–Crippen LogP) is 2.80. The standard InChI is InChI=1S/C16H22N2O2/c1-4-5-6-18-13-8-16(2,3)9-14(19)12(13)7-11(10-17)15(18)20/h11H,4-9H2,1-3H3. The van der Waals surface area contributed by atoms with Crippen LogP contribution in [0.15, 0.2) is 11.3 Å². The van der Waals surface area contributed by atoms with E-state index in [4.69, 9.17) is 5.26 Å². The largest absolute Gasteiger partial charge is 0.315 e. The van der Waals surface area contributed by atoms with Gasteiger partial charge >= 0.3 is 0 Å². The van der Waals surface area contributed by atoms with Crippen LogP contribution in [0, 0.1) is 22.7 Å². The topological polar surface area (TPSA) is 61.2 Å². The Morgan fingerprint density at radius 2 is 2.05 bits per heavy atom. The Bertz CT molecular complexity index is 511. The summed E-state index contributed by atoms with van der Waals surface area (Å²) in [4.78, 5) is 26.4. The highest BCUT2D eigenvalue weighted by atomic mass is 16.2. The monoisotopic (exact) mass is 274 g/mol. The molecule has 0 aromatic heterocycles. The predicted molar refractivity (Wildman–Crippen MR) is 75.4 cm³/mol. The highest BCUT2D eigenvalue weighted by molar-refractivity contribution is 6.01. The molecule has 0 fully saturated rings. The molecule has 1 heterocycles. The van der Waals surface area contributed by atoms with E-state index in [1.807, 2.05) is 0 Å². The molecule has 0 N–H and O–H groups in total. The Morgan fingerprint density at radius 1 is 1.35 bits per heavy atom. The lowest BCUT2D eigenvalue weighted by atomic mass is 9.72. The molecule has 1 amide bonds. The molecule has 0 aromatic rings. The molecule has 4 nitrogen and oxygen atoms in total. The van der Waals surface area contributed by atoms with Crippen LogP contribution in [0.1, 0.15) is 52.9 Å². The van der Waals surface area contributed by atoms with Crippen LogP contribution in [0.25, 0.3) is 0 Å². The molecule has 0 spiro atoms. The summed E-state index contributed by atoms with van der Waals surface area (Å²) in [6.07, 6.45) is 3.46. The van der Waals surface area contributed by atoms with E-state index >= 15 is 0 Å². The molecular weight excluding hydrogens is 252 g/mol. The molecule has 20 heavy (non-hydrogen) atoms. The Kier molecular flexibility index (Phi) is 3.99.